The van der Waals surface area contributed by atoms with E-state index in [2.05, 4.69) is 17.6 Å². The van der Waals surface area contributed by atoms with E-state index in [9.17, 15) is 9.59 Å². The second kappa shape index (κ2) is 7.17. The number of benzene rings is 1. The van der Waals surface area contributed by atoms with E-state index in [0.717, 1.165) is 25.7 Å². The normalized spacial score (nSPS) is 33.0. The van der Waals surface area contributed by atoms with Gasteiger partial charge in [0.25, 0.3) is 5.91 Å². The van der Waals surface area contributed by atoms with Crippen molar-refractivity contribution >= 4 is 11.8 Å². The topological polar surface area (TPSA) is 76.7 Å². The third-order valence-electron chi connectivity index (χ3n) is 5.97. The van der Waals surface area contributed by atoms with Gasteiger partial charge in [0.1, 0.15) is 6.61 Å². The van der Waals surface area contributed by atoms with Gasteiger partial charge < -0.3 is 20.1 Å². The summed E-state index contributed by atoms with van der Waals surface area (Å²) in [7, 11) is 0. The first-order chi connectivity index (χ1) is 12.6. The second-order valence-electron chi connectivity index (χ2n) is 7.59. The maximum atomic E-state index is 12.6. The summed E-state index contributed by atoms with van der Waals surface area (Å²) in [5, 5.41) is 6.24. The van der Waals surface area contributed by atoms with Crippen LogP contribution < -0.4 is 20.1 Å². The number of hydrogen-bond donors (Lipinski definition) is 2. The molecule has 2 N–H and O–H groups in total. The lowest BCUT2D eigenvalue weighted by molar-refractivity contribution is -0.131. The Kier molecular flexibility index (Phi) is 4.74. The largest absolute Gasteiger partial charge is 0.485 e. The van der Waals surface area contributed by atoms with Gasteiger partial charge >= 0.3 is 0 Å². The van der Waals surface area contributed by atoms with Gasteiger partial charge in [0.2, 0.25) is 12.0 Å². The molecule has 2 heterocycles. The molecule has 4 rings (SSSR count). The average molecular weight is 358 g/mol. The van der Waals surface area contributed by atoms with Crippen molar-refractivity contribution in [1.29, 1.82) is 0 Å². The van der Waals surface area contributed by atoms with Crippen LogP contribution in [0.2, 0.25) is 0 Å². The minimum Gasteiger partial charge on any atom is -0.485 e. The Labute approximate surface area is 153 Å². The number of rotatable bonds is 3. The highest BCUT2D eigenvalue weighted by Gasteiger charge is 2.40. The van der Waals surface area contributed by atoms with Crippen LogP contribution in [-0.2, 0) is 9.59 Å². The van der Waals surface area contributed by atoms with E-state index in [0.29, 0.717) is 29.8 Å². The molecule has 5 unspecified atom stereocenters. The predicted octanol–water partition coefficient (Wildman–Crippen LogP) is 2.03. The highest BCUT2D eigenvalue weighted by molar-refractivity contribution is 5.82. The Morgan fingerprint density at radius 3 is 2.88 bits per heavy atom. The maximum Gasteiger partial charge on any atom is 0.264 e. The van der Waals surface area contributed by atoms with Gasteiger partial charge in [0.15, 0.2) is 11.5 Å². The van der Waals surface area contributed by atoms with Gasteiger partial charge in [-0.05, 0) is 43.2 Å². The molecule has 1 saturated heterocycles. The Morgan fingerprint density at radius 1 is 1.27 bits per heavy atom. The van der Waals surface area contributed by atoms with Crippen molar-refractivity contribution in [3.8, 4) is 11.5 Å². The monoisotopic (exact) mass is 358 g/mol. The summed E-state index contributed by atoms with van der Waals surface area (Å²) in [6.07, 6.45) is 3.83. The van der Waals surface area contributed by atoms with Crippen molar-refractivity contribution < 1.29 is 19.1 Å². The molecule has 6 nitrogen and oxygen atoms in total. The highest BCUT2D eigenvalue weighted by atomic mass is 16.6. The van der Waals surface area contributed by atoms with E-state index in [4.69, 9.17) is 9.47 Å². The fourth-order valence-electron chi connectivity index (χ4n) is 4.60. The molecule has 1 saturated carbocycles. The molecule has 5 atom stereocenters. The molecular formula is C20H26N2O4. The predicted molar refractivity (Wildman–Crippen MR) is 96.0 cm³/mol. The molecular weight excluding hydrogens is 332 g/mol. The minimum absolute atomic E-state index is 0.0698. The van der Waals surface area contributed by atoms with Crippen LogP contribution in [0.1, 0.15) is 39.0 Å². The standard InChI is InChI=1S/C20H26N2O4/c1-2-12-9-19(23)22-15-10-13(7-8-14(12)15)21-20(24)18-11-25-16-5-3-4-6-17(16)26-18/h3-6,12-15,18H,2,7-11H2,1H3,(H,21,24)(H,22,23). The van der Waals surface area contributed by atoms with Crippen LogP contribution in [0.4, 0.5) is 0 Å². The van der Waals surface area contributed by atoms with E-state index < -0.39 is 6.10 Å². The third kappa shape index (κ3) is 3.37. The first-order valence-corrected chi connectivity index (χ1v) is 9.62. The van der Waals surface area contributed by atoms with Gasteiger partial charge in [-0.2, -0.15) is 0 Å². The summed E-state index contributed by atoms with van der Waals surface area (Å²) in [6.45, 7) is 2.38. The van der Waals surface area contributed by atoms with Gasteiger partial charge in [-0.3, -0.25) is 9.59 Å². The van der Waals surface area contributed by atoms with Crippen LogP contribution in [0.15, 0.2) is 24.3 Å². The molecule has 0 radical (unpaired) electrons. The van der Waals surface area contributed by atoms with Gasteiger partial charge in [-0.25, -0.2) is 0 Å². The van der Waals surface area contributed by atoms with Crippen molar-refractivity contribution in [3.05, 3.63) is 24.3 Å². The van der Waals surface area contributed by atoms with E-state index in [1.165, 1.54) is 0 Å². The minimum atomic E-state index is -0.632. The Morgan fingerprint density at radius 2 is 2.08 bits per heavy atom. The number of para-hydroxylation sites is 2. The van der Waals surface area contributed by atoms with Crippen LogP contribution in [0.25, 0.3) is 0 Å². The van der Waals surface area contributed by atoms with Crippen molar-refractivity contribution in [1.82, 2.24) is 10.6 Å². The lowest BCUT2D eigenvalue weighted by Crippen LogP contribution is -2.56. The van der Waals surface area contributed by atoms with Crippen molar-refractivity contribution in [3.63, 3.8) is 0 Å². The van der Waals surface area contributed by atoms with Crippen LogP contribution in [0.3, 0.4) is 0 Å². The first-order valence-electron chi connectivity index (χ1n) is 9.62. The van der Waals surface area contributed by atoms with Crippen LogP contribution in [-0.4, -0.2) is 36.6 Å². The smallest absolute Gasteiger partial charge is 0.264 e. The van der Waals surface area contributed by atoms with Crippen LogP contribution in [0.5, 0.6) is 11.5 Å². The summed E-state index contributed by atoms with van der Waals surface area (Å²) in [5.74, 6) is 2.28. The van der Waals surface area contributed by atoms with Gasteiger partial charge in [0, 0.05) is 18.5 Å². The Balaban J connectivity index is 1.35. The summed E-state index contributed by atoms with van der Waals surface area (Å²) >= 11 is 0. The van der Waals surface area contributed by atoms with Gasteiger partial charge in [0.05, 0.1) is 0 Å². The van der Waals surface area contributed by atoms with Crippen molar-refractivity contribution in [2.24, 2.45) is 11.8 Å². The molecule has 6 heteroatoms. The average Bonchev–Trinajstić information content (AvgIpc) is 2.66. The summed E-state index contributed by atoms with van der Waals surface area (Å²) in [5.41, 5.74) is 0. The molecule has 3 aliphatic rings. The van der Waals surface area contributed by atoms with E-state index in [1.807, 2.05) is 24.3 Å². The molecule has 140 valence electrons. The summed E-state index contributed by atoms with van der Waals surface area (Å²) in [4.78, 5) is 24.6. The fourth-order valence-corrected chi connectivity index (χ4v) is 4.60. The lowest BCUT2D eigenvalue weighted by Gasteiger charge is -2.44. The van der Waals surface area contributed by atoms with E-state index in [-0.39, 0.29) is 30.5 Å². The number of ether oxygens (including phenoxy) is 2. The number of carbonyl (C=O) groups is 2. The number of fused-ring (bicyclic) bond motifs is 2. The highest BCUT2D eigenvalue weighted by Crippen LogP contribution is 2.37. The maximum absolute atomic E-state index is 12.6. The lowest BCUT2D eigenvalue weighted by atomic mass is 9.70. The van der Waals surface area contributed by atoms with Crippen molar-refractivity contribution in [2.75, 3.05) is 6.61 Å². The zero-order valence-electron chi connectivity index (χ0n) is 15.1. The molecule has 1 aromatic carbocycles. The van der Waals surface area contributed by atoms with Gasteiger partial charge in [-0.1, -0.05) is 25.5 Å². The van der Waals surface area contributed by atoms with Gasteiger partial charge in [-0.15, -0.1) is 0 Å². The molecule has 0 aromatic heterocycles. The summed E-state index contributed by atoms with van der Waals surface area (Å²) < 4.78 is 11.4. The van der Waals surface area contributed by atoms with Crippen LogP contribution in [0, 0.1) is 11.8 Å². The zero-order chi connectivity index (χ0) is 18.1. The number of carbonyl (C=O) groups excluding carboxylic acids is 2. The summed E-state index contributed by atoms with van der Waals surface area (Å²) in [6, 6.07) is 7.62. The Bertz CT molecular complexity index is 692. The quantitative estimate of drug-likeness (QED) is 0.867. The van der Waals surface area contributed by atoms with Crippen LogP contribution >= 0.6 is 0 Å². The number of nitrogens with one attached hydrogen (secondary N) is 2. The second-order valence-corrected chi connectivity index (χ2v) is 7.59. The Hall–Kier alpha value is -2.24. The van der Waals surface area contributed by atoms with Crippen molar-refractivity contribution in [2.45, 2.75) is 57.2 Å². The zero-order valence-corrected chi connectivity index (χ0v) is 15.1. The molecule has 0 bridgehead atoms. The molecule has 0 spiro atoms. The molecule has 2 fully saturated rings. The van der Waals surface area contributed by atoms with E-state index >= 15 is 0 Å². The molecule has 2 aliphatic heterocycles. The molecule has 1 aromatic rings. The molecule has 1 aliphatic carbocycles. The first kappa shape index (κ1) is 17.2. The fraction of sp³-hybridized carbons (Fsp3) is 0.600. The SMILES string of the molecule is CCC1CC(=O)NC2CC(NC(=O)C3COc4ccccc4O3)CCC12. The van der Waals surface area contributed by atoms with E-state index in [1.54, 1.807) is 0 Å². The number of amides is 2. The molecule has 26 heavy (non-hydrogen) atoms. The number of piperidine rings is 1. The molecule has 2 amide bonds. The number of hydrogen-bond acceptors (Lipinski definition) is 4. The third-order valence-corrected chi connectivity index (χ3v) is 5.97.